The highest BCUT2D eigenvalue weighted by Crippen LogP contribution is 2.61. The Morgan fingerprint density at radius 3 is 2.00 bits per heavy atom. The summed E-state index contributed by atoms with van der Waals surface area (Å²) in [6.45, 7) is 5.35. The van der Waals surface area contributed by atoms with Crippen molar-refractivity contribution in [2.24, 2.45) is 40.9 Å². The van der Waals surface area contributed by atoms with Gasteiger partial charge >= 0.3 is 0 Å². The Kier molecular flexibility index (Phi) is 7.22. The summed E-state index contributed by atoms with van der Waals surface area (Å²) in [5.74, 6) is 5.85. The predicted octanol–water partition coefficient (Wildman–Crippen LogP) is 9.56. The molecule has 0 saturated heterocycles. The molecule has 0 radical (unpaired) electrons. The van der Waals surface area contributed by atoms with Gasteiger partial charge in [0.2, 0.25) is 0 Å². The van der Waals surface area contributed by atoms with Crippen molar-refractivity contribution in [3.63, 3.8) is 0 Å². The van der Waals surface area contributed by atoms with E-state index < -0.39 is 0 Å². The maximum atomic E-state index is 3.07. The Labute approximate surface area is 218 Å². The highest BCUT2D eigenvalue weighted by molar-refractivity contribution is 5.17. The first-order chi connectivity index (χ1) is 17.0. The molecule has 0 amide bonds. The van der Waals surface area contributed by atoms with Crippen LogP contribution < -0.4 is 0 Å². The average Bonchev–Trinajstić information content (AvgIpc) is 3.31. The van der Waals surface area contributed by atoms with Crippen LogP contribution in [0.5, 0.6) is 0 Å². The standard InChI is InChI=1S/C34H57N/c1-33(2,31-24-25-10-4-5-13-28(31)17-16-25)35(3)32(34(22-9-23-34)30-14-8-15-30)29-20-18-27(19-21-29)26-11-6-7-12-26/h24,26-32H,4-23H2,1-3H3. The molecule has 2 bridgehead atoms. The first kappa shape index (κ1) is 25.0. The van der Waals surface area contributed by atoms with Crippen molar-refractivity contribution in [3.8, 4) is 0 Å². The maximum Gasteiger partial charge on any atom is 0.0218 e. The molecule has 0 spiro atoms. The molecular formula is C34H57N. The van der Waals surface area contributed by atoms with Crippen molar-refractivity contribution in [1.82, 2.24) is 4.90 Å². The molecule has 0 N–H and O–H groups in total. The summed E-state index contributed by atoms with van der Waals surface area (Å²) in [5, 5.41) is 0. The second kappa shape index (κ2) is 10.1. The molecule has 0 heterocycles. The van der Waals surface area contributed by atoms with E-state index in [0.29, 0.717) is 5.41 Å². The van der Waals surface area contributed by atoms with E-state index in [1.54, 1.807) is 38.5 Å². The lowest BCUT2D eigenvalue weighted by Crippen LogP contribution is -2.65. The SMILES string of the molecule is CN(C(C1CCC(C2CCCC2)CC1)C1(C2CCC2)CCC1)C(C)(C)C1C=C2CCCCC1CC2. The van der Waals surface area contributed by atoms with Crippen LogP contribution in [0.4, 0.5) is 0 Å². The Hall–Kier alpha value is -0.300. The third-order valence-electron chi connectivity index (χ3n) is 13.3. The van der Waals surface area contributed by atoms with E-state index in [0.717, 1.165) is 41.5 Å². The monoisotopic (exact) mass is 479 g/mol. The van der Waals surface area contributed by atoms with Gasteiger partial charge < -0.3 is 0 Å². The highest BCUT2D eigenvalue weighted by atomic mass is 15.2. The van der Waals surface area contributed by atoms with Crippen LogP contribution in [-0.2, 0) is 0 Å². The Balaban J connectivity index is 1.27. The number of nitrogens with zero attached hydrogens (tertiary/aromatic N) is 1. The van der Waals surface area contributed by atoms with E-state index in [9.17, 15) is 0 Å². The van der Waals surface area contributed by atoms with Crippen LogP contribution in [0.25, 0.3) is 0 Å². The third kappa shape index (κ3) is 4.51. The van der Waals surface area contributed by atoms with Crippen LogP contribution in [0.15, 0.2) is 11.6 Å². The molecular weight excluding hydrogens is 422 g/mol. The number of allylic oxidation sites excluding steroid dienone is 1. The van der Waals surface area contributed by atoms with E-state index in [1.165, 1.54) is 89.9 Å². The number of hydrogen-bond acceptors (Lipinski definition) is 1. The molecule has 1 heteroatoms. The molecule has 3 atom stereocenters. The molecule has 1 nitrogen and oxygen atoms in total. The molecule has 0 aromatic carbocycles. The van der Waals surface area contributed by atoms with Gasteiger partial charge in [0.1, 0.15) is 0 Å². The van der Waals surface area contributed by atoms with Gasteiger partial charge in [-0.15, -0.1) is 0 Å². The van der Waals surface area contributed by atoms with Crippen molar-refractivity contribution >= 4 is 0 Å². The molecule has 7 aliphatic rings. The van der Waals surface area contributed by atoms with E-state index in [-0.39, 0.29) is 5.54 Å². The summed E-state index contributed by atoms with van der Waals surface area (Å²) >= 11 is 0. The topological polar surface area (TPSA) is 3.24 Å². The second-order valence-corrected chi connectivity index (χ2v) is 15.0. The fourth-order valence-electron chi connectivity index (χ4n) is 10.7. The smallest absolute Gasteiger partial charge is 0.0218 e. The molecule has 198 valence electrons. The number of fused-ring (bicyclic) bond motifs is 5. The summed E-state index contributed by atoms with van der Waals surface area (Å²) in [6, 6.07) is 0.837. The van der Waals surface area contributed by atoms with Crippen molar-refractivity contribution in [2.45, 2.75) is 154 Å². The first-order valence-corrected chi connectivity index (χ1v) is 16.4. The van der Waals surface area contributed by atoms with E-state index in [1.807, 2.05) is 5.57 Å². The largest absolute Gasteiger partial charge is 0.297 e. The Morgan fingerprint density at radius 1 is 0.714 bits per heavy atom. The lowest BCUT2D eigenvalue weighted by atomic mass is 9.48. The average molecular weight is 480 g/mol. The zero-order valence-electron chi connectivity index (χ0n) is 23.7. The zero-order chi connectivity index (χ0) is 24.0. The fraction of sp³-hybridized carbons (Fsp3) is 0.941. The molecule has 5 saturated carbocycles. The molecule has 7 aliphatic carbocycles. The molecule has 5 fully saturated rings. The van der Waals surface area contributed by atoms with E-state index >= 15 is 0 Å². The molecule has 0 aliphatic heterocycles. The number of rotatable bonds is 7. The van der Waals surface area contributed by atoms with Crippen LogP contribution in [0.2, 0.25) is 0 Å². The van der Waals surface area contributed by atoms with Crippen LogP contribution in [0.3, 0.4) is 0 Å². The maximum absolute atomic E-state index is 3.07. The van der Waals surface area contributed by atoms with Gasteiger partial charge in [-0.2, -0.15) is 0 Å². The lowest BCUT2D eigenvalue weighted by molar-refractivity contribution is -0.133. The van der Waals surface area contributed by atoms with Crippen molar-refractivity contribution < 1.29 is 0 Å². The van der Waals surface area contributed by atoms with Gasteiger partial charge in [0.15, 0.2) is 0 Å². The van der Waals surface area contributed by atoms with Gasteiger partial charge in [-0.3, -0.25) is 4.90 Å². The minimum absolute atomic E-state index is 0.285. The summed E-state index contributed by atoms with van der Waals surface area (Å²) in [6.07, 6.45) is 33.0. The summed E-state index contributed by atoms with van der Waals surface area (Å²) in [7, 11) is 2.62. The minimum atomic E-state index is 0.285. The molecule has 0 aromatic heterocycles. The summed E-state index contributed by atoms with van der Waals surface area (Å²) < 4.78 is 0. The lowest BCUT2D eigenvalue weighted by Gasteiger charge is -2.64. The fourth-order valence-corrected chi connectivity index (χ4v) is 10.7. The quantitative estimate of drug-likeness (QED) is 0.328. The van der Waals surface area contributed by atoms with Gasteiger partial charge in [0, 0.05) is 11.6 Å². The highest BCUT2D eigenvalue weighted by Gasteiger charge is 2.57. The summed E-state index contributed by atoms with van der Waals surface area (Å²) in [5.41, 5.74) is 2.76. The number of hydrogen-bond donors (Lipinski definition) is 0. The van der Waals surface area contributed by atoms with Gasteiger partial charge in [0.25, 0.3) is 0 Å². The van der Waals surface area contributed by atoms with Gasteiger partial charge in [0.05, 0.1) is 0 Å². The van der Waals surface area contributed by atoms with Crippen molar-refractivity contribution in [1.29, 1.82) is 0 Å². The van der Waals surface area contributed by atoms with Crippen molar-refractivity contribution in [2.75, 3.05) is 7.05 Å². The second-order valence-electron chi connectivity index (χ2n) is 15.0. The van der Waals surface area contributed by atoms with Crippen molar-refractivity contribution in [3.05, 3.63) is 11.6 Å². The third-order valence-corrected chi connectivity index (χ3v) is 13.3. The Bertz CT molecular complexity index is 741. The van der Waals surface area contributed by atoms with Gasteiger partial charge in [-0.25, -0.2) is 0 Å². The minimum Gasteiger partial charge on any atom is -0.297 e. The Morgan fingerprint density at radius 2 is 1.37 bits per heavy atom. The van der Waals surface area contributed by atoms with E-state index in [2.05, 4.69) is 31.9 Å². The first-order valence-electron chi connectivity index (χ1n) is 16.4. The zero-order valence-corrected chi connectivity index (χ0v) is 23.7. The molecule has 7 rings (SSSR count). The van der Waals surface area contributed by atoms with Gasteiger partial charge in [-0.05, 0) is 145 Å². The van der Waals surface area contributed by atoms with E-state index in [4.69, 9.17) is 0 Å². The van der Waals surface area contributed by atoms with Gasteiger partial charge in [-0.1, -0.05) is 56.6 Å². The predicted molar refractivity (Wildman–Crippen MR) is 149 cm³/mol. The van der Waals surface area contributed by atoms with Crippen LogP contribution in [-0.4, -0.2) is 23.5 Å². The molecule has 3 unspecified atom stereocenters. The van der Waals surface area contributed by atoms with Crippen LogP contribution >= 0.6 is 0 Å². The van der Waals surface area contributed by atoms with Crippen LogP contribution in [0.1, 0.15) is 142 Å². The van der Waals surface area contributed by atoms with Crippen LogP contribution in [0, 0.1) is 40.9 Å². The molecule has 35 heavy (non-hydrogen) atoms. The molecule has 0 aromatic rings. The normalized spacial score (nSPS) is 37.3. The summed E-state index contributed by atoms with van der Waals surface area (Å²) in [4.78, 5) is 3.07.